The van der Waals surface area contributed by atoms with Gasteiger partial charge in [-0.25, -0.2) is 0 Å². The third-order valence-electron chi connectivity index (χ3n) is 3.55. The molecule has 1 aromatic heterocycles. The van der Waals surface area contributed by atoms with Crippen molar-refractivity contribution in [3.05, 3.63) is 52.9 Å². The van der Waals surface area contributed by atoms with E-state index in [-0.39, 0.29) is 39.1 Å². The quantitative estimate of drug-likeness (QED) is 0.375. The summed E-state index contributed by atoms with van der Waals surface area (Å²) in [5.74, 6) is -0.312. The van der Waals surface area contributed by atoms with Gasteiger partial charge in [0.25, 0.3) is 0 Å². The van der Waals surface area contributed by atoms with Crippen LogP contribution in [0, 0.1) is 0 Å². The Bertz CT molecular complexity index is 1230. The first-order valence-electron chi connectivity index (χ1n) is 7.79. The predicted molar refractivity (Wildman–Crippen MR) is 100.0 cm³/mol. The smallest absolute Gasteiger partial charge is 0.446 e. The second-order valence-corrected chi connectivity index (χ2v) is 6.91. The lowest BCUT2D eigenvalue weighted by atomic mass is 10.0. The van der Waals surface area contributed by atoms with Crippen LogP contribution in [0.1, 0.15) is 0 Å². The molecule has 0 amide bonds. The largest absolute Gasteiger partial charge is 0.508 e. The van der Waals surface area contributed by atoms with Gasteiger partial charge in [0, 0.05) is 20.2 Å². The van der Waals surface area contributed by atoms with Gasteiger partial charge in [-0.15, -0.1) is 5.11 Å². The van der Waals surface area contributed by atoms with Crippen LogP contribution in [-0.2, 0) is 10.4 Å². The Kier molecular flexibility index (Phi) is 5.03. The van der Waals surface area contributed by atoms with Crippen molar-refractivity contribution in [2.24, 2.45) is 10.3 Å². The Hall–Kier alpha value is -3.44. The van der Waals surface area contributed by atoms with E-state index in [4.69, 9.17) is 8.97 Å². The molecule has 0 atom stereocenters. The highest BCUT2D eigenvalue weighted by Gasteiger charge is 2.16. The molecule has 11 heteroatoms. The summed E-state index contributed by atoms with van der Waals surface area (Å²) in [5.41, 5.74) is 0.360. The maximum Gasteiger partial charge on any atom is 0.446 e. The van der Waals surface area contributed by atoms with E-state index < -0.39 is 10.4 Å². The lowest BCUT2D eigenvalue weighted by Gasteiger charge is -2.09. The monoisotopic (exact) mass is 405 g/mol. The number of fused-ring (bicyclic) bond motifs is 1. The second-order valence-electron chi connectivity index (χ2n) is 5.89. The van der Waals surface area contributed by atoms with Crippen LogP contribution in [0.5, 0.6) is 11.5 Å². The maximum atomic E-state index is 12.8. The fourth-order valence-corrected chi connectivity index (χ4v) is 2.77. The molecule has 0 saturated heterocycles. The summed E-state index contributed by atoms with van der Waals surface area (Å²) in [6, 6.07) is 8.12. The van der Waals surface area contributed by atoms with E-state index in [9.17, 15) is 18.3 Å². The van der Waals surface area contributed by atoms with Gasteiger partial charge in [-0.1, -0.05) is 11.3 Å². The standard InChI is InChI=1S/C17H15N3O7S/c1-20(2)19-18-14-7-10(3-6-15(14)27-28(23,24)25)13-9-26-16-8-11(21)4-5-12(16)17(13)22/h3-9,21H,1-2H3,(H,23,24,25). The van der Waals surface area contributed by atoms with Gasteiger partial charge in [0.2, 0.25) is 0 Å². The van der Waals surface area contributed by atoms with Crippen LogP contribution in [0.4, 0.5) is 5.69 Å². The number of nitrogens with zero attached hydrogens (tertiary/aromatic N) is 3. The number of hydrogen-bond acceptors (Lipinski definition) is 8. The van der Waals surface area contributed by atoms with Crippen LogP contribution in [0.15, 0.2) is 62.2 Å². The number of hydrogen-bond donors (Lipinski definition) is 2. The molecular formula is C17H15N3O7S. The van der Waals surface area contributed by atoms with Gasteiger partial charge in [-0.05, 0) is 29.8 Å². The van der Waals surface area contributed by atoms with Crippen molar-refractivity contribution in [3.63, 3.8) is 0 Å². The molecule has 0 aliphatic heterocycles. The van der Waals surface area contributed by atoms with Gasteiger partial charge in [0.05, 0.1) is 10.9 Å². The molecule has 146 valence electrons. The van der Waals surface area contributed by atoms with Crippen LogP contribution in [0.25, 0.3) is 22.1 Å². The van der Waals surface area contributed by atoms with E-state index in [1.165, 1.54) is 47.7 Å². The minimum atomic E-state index is -4.78. The van der Waals surface area contributed by atoms with Crippen LogP contribution in [-0.4, -0.2) is 37.2 Å². The maximum absolute atomic E-state index is 12.8. The van der Waals surface area contributed by atoms with Gasteiger partial charge in [0.15, 0.2) is 11.2 Å². The minimum absolute atomic E-state index is 0.0333. The SMILES string of the molecule is CN(C)N=Nc1cc(-c2coc3cc(O)ccc3c2=O)ccc1OS(=O)(=O)O. The summed E-state index contributed by atoms with van der Waals surface area (Å²) in [6.45, 7) is 0. The summed E-state index contributed by atoms with van der Waals surface area (Å²) >= 11 is 0. The molecule has 0 spiro atoms. The molecule has 3 aromatic rings. The third kappa shape index (κ3) is 4.27. The van der Waals surface area contributed by atoms with Crippen LogP contribution >= 0.6 is 0 Å². The molecule has 0 saturated carbocycles. The average molecular weight is 405 g/mol. The zero-order valence-electron chi connectivity index (χ0n) is 14.7. The van der Waals surface area contributed by atoms with E-state index in [2.05, 4.69) is 14.5 Å². The van der Waals surface area contributed by atoms with Crippen molar-refractivity contribution in [2.45, 2.75) is 0 Å². The first-order chi connectivity index (χ1) is 13.1. The molecule has 3 rings (SSSR count). The molecule has 10 nitrogen and oxygen atoms in total. The van der Waals surface area contributed by atoms with Gasteiger partial charge in [-0.2, -0.15) is 8.42 Å². The van der Waals surface area contributed by atoms with Crippen LogP contribution in [0.2, 0.25) is 0 Å². The van der Waals surface area contributed by atoms with Gasteiger partial charge in [-0.3, -0.25) is 14.4 Å². The Morgan fingerprint density at radius 2 is 1.89 bits per heavy atom. The zero-order valence-corrected chi connectivity index (χ0v) is 15.5. The highest BCUT2D eigenvalue weighted by Crippen LogP contribution is 2.34. The van der Waals surface area contributed by atoms with E-state index in [1.807, 2.05) is 0 Å². The lowest BCUT2D eigenvalue weighted by molar-refractivity contribution is 0.385. The first kappa shape index (κ1) is 19.3. The number of phenols is 1. The van der Waals surface area contributed by atoms with E-state index in [0.717, 1.165) is 0 Å². The summed E-state index contributed by atoms with van der Waals surface area (Å²) in [4.78, 5) is 12.8. The van der Waals surface area contributed by atoms with E-state index in [0.29, 0.717) is 5.56 Å². The van der Waals surface area contributed by atoms with E-state index >= 15 is 0 Å². The van der Waals surface area contributed by atoms with E-state index in [1.54, 1.807) is 14.1 Å². The normalized spacial score (nSPS) is 11.8. The summed E-state index contributed by atoms with van der Waals surface area (Å²) in [7, 11) is -1.57. The number of rotatable bonds is 5. The Balaban J connectivity index is 2.16. The molecule has 0 aliphatic rings. The topological polar surface area (TPSA) is 142 Å². The highest BCUT2D eigenvalue weighted by atomic mass is 32.3. The Morgan fingerprint density at radius 1 is 1.14 bits per heavy atom. The predicted octanol–water partition coefficient (Wildman–Crippen LogP) is 2.91. The Morgan fingerprint density at radius 3 is 2.57 bits per heavy atom. The van der Waals surface area contributed by atoms with Crippen molar-refractivity contribution in [2.75, 3.05) is 14.1 Å². The molecule has 0 fully saturated rings. The van der Waals surface area contributed by atoms with Crippen molar-refractivity contribution >= 4 is 27.1 Å². The van der Waals surface area contributed by atoms with Crippen LogP contribution in [0.3, 0.4) is 0 Å². The molecule has 2 N–H and O–H groups in total. The van der Waals surface area contributed by atoms with Crippen LogP contribution < -0.4 is 9.61 Å². The van der Waals surface area contributed by atoms with Crippen molar-refractivity contribution < 1.29 is 26.7 Å². The highest BCUT2D eigenvalue weighted by molar-refractivity contribution is 7.81. The lowest BCUT2D eigenvalue weighted by Crippen LogP contribution is -2.07. The summed E-state index contributed by atoms with van der Waals surface area (Å²) in [5, 5.41) is 18.8. The summed E-state index contributed by atoms with van der Waals surface area (Å²) in [6.07, 6.45) is 1.22. The molecule has 28 heavy (non-hydrogen) atoms. The van der Waals surface area contributed by atoms with Gasteiger partial charge < -0.3 is 13.7 Å². The van der Waals surface area contributed by atoms with Crippen molar-refractivity contribution in [1.29, 1.82) is 0 Å². The fraction of sp³-hybridized carbons (Fsp3) is 0.118. The minimum Gasteiger partial charge on any atom is -0.508 e. The van der Waals surface area contributed by atoms with Crippen molar-refractivity contribution in [3.8, 4) is 22.6 Å². The molecule has 0 unspecified atom stereocenters. The molecule has 0 radical (unpaired) electrons. The number of aromatic hydroxyl groups is 1. The molecule has 0 aliphatic carbocycles. The third-order valence-corrected chi connectivity index (χ3v) is 3.94. The van der Waals surface area contributed by atoms with Crippen molar-refractivity contribution in [1.82, 2.24) is 5.01 Å². The molecule has 1 heterocycles. The number of phenolic OH excluding ortho intramolecular Hbond substituents is 1. The first-order valence-corrected chi connectivity index (χ1v) is 9.15. The number of benzene rings is 2. The molecule has 0 bridgehead atoms. The molecular weight excluding hydrogens is 390 g/mol. The average Bonchev–Trinajstić information content (AvgIpc) is 2.60. The zero-order chi connectivity index (χ0) is 20.5. The van der Waals surface area contributed by atoms with Gasteiger partial charge >= 0.3 is 10.4 Å². The van der Waals surface area contributed by atoms with Gasteiger partial charge in [0.1, 0.15) is 23.3 Å². The Labute approximate surface area is 159 Å². The molecule has 2 aromatic carbocycles. The fourth-order valence-electron chi connectivity index (χ4n) is 2.40. The second kappa shape index (κ2) is 7.29. The summed E-state index contributed by atoms with van der Waals surface area (Å²) < 4.78 is 40.9.